The molecular weight excluding hydrogens is 282 g/mol. The highest BCUT2D eigenvalue weighted by atomic mass is 32.1. The van der Waals surface area contributed by atoms with Crippen LogP contribution in [0.25, 0.3) is 10.9 Å². The number of amides is 1. The topological polar surface area (TPSA) is 59.2 Å². The number of para-hydroxylation sites is 1. The fourth-order valence-corrected chi connectivity index (χ4v) is 2.35. The Kier molecular flexibility index (Phi) is 4.85. The molecule has 0 fully saturated rings. The lowest BCUT2D eigenvalue weighted by Gasteiger charge is -2.27. The number of pyridine rings is 1. The molecule has 1 amide bonds. The van der Waals surface area contributed by atoms with Crippen molar-refractivity contribution in [2.45, 2.75) is 26.3 Å². The van der Waals surface area contributed by atoms with Gasteiger partial charge >= 0.3 is 0 Å². The summed E-state index contributed by atoms with van der Waals surface area (Å²) in [5, 5.41) is 0.960. The number of benzene rings is 1. The summed E-state index contributed by atoms with van der Waals surface area (Å²) >= 11 is 4.91. The number of thiocarbonyl (C=S) groups is 1. The van der Waals surface area contributed by atoms with Crippen LogP contribution in [0.4, 0.5) is 0 Å². The Morgan fingerprint density at radius 1 is 1.33 bits per heavy atom. The van der Waals surface area contributed by atoms with Gasteiger partial charge < -0.3 is 10.6 Å². The van der Waals surface area contributed by atoms with E-state index in [1.54, 1.807) is 11.1 Å². The summed E-state index contributed by atoms with van der Waals surface area (Å²) in [5.74, 6) is -0.0365. The molecule has 5 heteroatoms. The molecular formula is C16H19N3OS. The average molecular weight is 301 g/mol. The Hall–Kier alpha value is -2.01. The smallest absolute Gasteiger partial charge is 0.256 e. The normalized spacial score (nSPS) is 10.8. The van der Waals surface area contributed by atoms with Gasteiger partial charge in [0.25, 0.3) is 5.91 Å². The minimum atomic E-state index is -0.0365. The molecule has 1 aromatic heterocycles. The van der Waals surface area contributed by atoms with Crippen LogP contribution >= 0.6 is 12.2 Å². The Balaban J connectivity index is 2.37. The van der Waals surface area contributed by atoms with Crippen molar-refractivity contribution >= 4 is 34.0 Å². The Morgan fingerprint density at radius 2 is 2.05 bits per heavy atom. The number of aromatic nitrogens is 1. The molecule has 1 aromatic carbocycles. The van der Waals surface area contributed by atoms with Crippen molar-refractivity contribution in [3.05, 3.63) is 42.1 Å². The zero-order valence-electron chi connectivity index (χ0n) is 12.2. The molecule has 0 saturated heterocycles. The van der Waals surface area contributed by atoms with Crippen LogP contribution in [0.3, 0.4) is 0 Å². The summed E-state index contributed by atoms with van der Waals surface area (Å²) in [6.07, 6.45) is 2.23. The van der Waals surface area contributed by atoms with Gasteiger partial charge in [-0.1, -0.05) is 30.4 Å². The fourth-order valence-electron chi connectivity index (χ4n) is 2.26. The summed E-state index contributed by atoms with van der Waals surface area (Å²) in [7, 11) is 0. The largest absolute Gasteiger partial charge is 0.393 e. The number of rotatable bonds is 5. The van der Waals surface area contributed by atoms with Crippen molar-refractivity contribution in [3.8, 4) is 0 Å². The van der Waals surface area contributed by atoms with Gasteiger partial charge in [-0.15, -0.1) is 0 Å². The lowest BCUT2D eigenvalue weighted by atomic mass is 10.1. The van der Waals surface area contributed by atoms with Gasteiger partial charge in [-0.25, -0.2) is 0 Å². The molecule has 0 unspecified atom stereocenters. The lowest BCUT2D eigenvalue weighted by molar-refractivity contribution is 0.0713. The van der Waals surface area contributed by atoms with Gasteiger partial charge in [-0.2, -0.15) is 0 Å². The number of carbonyl (C=O) groups is 1. The van der Waals surface area contributed by atoms with Gasteiger partial charge in [0.1, 0.15) is 0 Å². The highest BCUT2D eigenvalue weighted by molar-refractivity contribution is 7.80. The second-order valence-electron chi connectivity index (χ2n) is 5.19. The average Bonchev–Trinajstić information content (AvgIpc) is 2.46. The SMILES string of the molecule is CC(C)N(CCC(N)=S)C(=O)c1cccc2cccnc12. The van der Waals surface area contributed by atoms with E-state index in [0.717, 1.165) is 10.9 Å². The molecule has 1 heterocycles. The first kappa shape index (κ1) is 15.4. The van der Waals surface area contributed by atoms with E-state index in [2.05, 4.69) is 4.98 Å². The molecule has 0 aliphatic heterocycles. The summed E-state index contributed by atoms with van der Waals surface area (Å²) in [6.45, 7) is 4.49. The van der Waals surface area contributed by atoms with Crippen LogP contribution in [0.1, 0.15) is 30.6 Å². The van der Waals surface area contributed by atoms with Gasteiger partial charge in [0.15, 0.2) is 0 Å². The highest BCUT2D eigenvalue weighted by Gasteiger charge is 2.20. The molecule has 4 nitrogen and oxygen atoms in total. The van der Waals surface area contributed by atoms with Crippen molar-refractivity contribution in [3.63, 3.8) is 0 Å². The molecule has 2 aromatic rings. The second-order valence-corrected chi connectivity index (χ2v) is 5.71. The third kappa shape index (κ3) is 3.55. The molecule has 0 aliphatic carbocycles. The first-order chi connectivity index (χ1) is 10.0. The van der Waals surface area contributed by atoms with Crippen LogP contribution in [-0.4, -0.2) is 33.4 Å². The number of nitrogens with two attached hydrogens (primary N) is 1. The summed E-state index contributed by atoms with van der Waals surface area (Å²) in [4.78, 5) is 19.4. The third-order valence-corrected chi connectivity index (χ3v) is 3.55. The molecule has 0 saturated carbocycles. The predicted octanol–water partition coefficient (Wildman–Crippen LogP) is 2.76. The van der Waals surface area contributed by atoms with Crippen LogP contribution in [0.15, 0.2) is 36.5 Å². The fraction of sp³-hybridized carbons (Fsp3) is 0.312. The highest BCUT2D eigenvalue weighted by Crippen LogP contribution is 2.19. The van der Waals surface area contributed by atoms with E-state index in [0.29, 0.717) is 23.5 Å². The standard InChI is InChI=1S/C16H19N3OS/c1-11(2)19(10-8-14(17)21)16(20)13-7-3-5-12-6-4-9-18-15(12)13/h3-7,9,11H,8,10H2,1-2H3,(H2,17,21). The van der Waals surface area contributed by atoms with Gasteiger partial charge in [0, 0.05) is 30.6 Å². The lowest BCUT2D eigenvalue weighted by Crippen LogP contribution is -2.39. The molecule has 2 rings (SSSR count). The maximum absolute atomic E-state index is 12.8. The number of carbonyl (C=O) groups excluding carboxylic acids is 1. The number of fused-ring (bicyclic) bond motifs is 1. The van der Waals surface area contributed by atoms with Crippen molar-refractivity contribution in [2.75, 3.05) is 6.54 Å². The van der Waals surface area contributed by atoms with Crippen LogP contribution in [0.2, 0.25) is 0 Å². The van der Waals surface area contributed by atoms with E-state index >= 15 is 0 Å². The number of hydrogen-bond acceptors (Lipinski definition) is 3. The van der Waals surface area contributed by atoms with Crippen LogP contribution in [0.5, 0.6) is 0 Å². The molecule has 2 N–H and O–H groups in total. The van der Waals surface area contributed by atoms with Gasteiger partial charge in [-0.3, -0.25) is 9.78 Å². The molecule has 0 bridgehead atoms. The Labute approximate surface area is 130 Å². The summed E-state index contributed by atoms with van der Waals surface area (Å²) in [6, 6.07) is 9.54. The van der Waals surface area contributed by atoms with E-state index in [-0.39, 0.29) is 11.9 Å². The zero-order chi connectivity index (χ0) is 15.4. The Morgan fingerprint density at radius 3 is 2.71 bits per heavy atom. The molecule has 0 aliphatic rings. The summed E-state index contributed by atoms with van der Waals surface area (Å²) in [5.41, 5.74) is 6.89. The van der Waals surface area contributed by atoms with Crippen LogP contribution in [0, 0.1) is 0 Å². The van der Waals surface area contributed by atoms with E-state index in [1.807, 2.05) is 44.2 Å². The number of nitrogens with zero attached hydrogens (tertiary/aromatic N) is 2. The van der Waals surface area contributed by atoms with Crippen molar-refractivity contribution in [1.82, 2.24) is 9.88 Å². The van der Waals surface area contributed by atoms with E-state index < -0.39 is 0 Å². The third-order valence-electron chi connectivity index (χ3n) is 3.35. The second kappa shape index (κ2) is 6.63. The van der Waals surface area contributed by atoms with Gasteiger partial charge in [-0.05, 0) is 26.0 Å². The minimum absolute atomic E-state index is 0.0365. The molecule has 0 spiro atoms. The monoisotopic (exact) mass is 301 g/mol. The van der Waals surface area contributed by atoms with E-state index in [1.165, 1.54) is 0 Å². The minimum Gasteiger partial charge on any atom is -0.393 e. The van der Waals surface area contributed by atoms with Crippen LogP contribution < -0.4 is 5.73 Å². The first-order valence-electron chi connectivity index (χ1n) is 6.93. The molecule has 0 radical (unpaired) electrons. The Bertz CT molecular complexity index is 664. The number of hydrogen-bond donors (Lipinski definition) is 1. The maximum Gasteiger partial charge on any atom is 0.256 e. The predicted molar refractivity (Wildman–Crippen MR) is 89.3 cm³/mol. The van der Waals surface area contributed by atoms with Gasteiger partial charge in [0.05, 0.1) is 16.1 Å². The maximum atomic E-state index is 12.8. The van der Waals surface area contributed by atoms with Crippen LogP contribution in [-0.2, 0) is 0 Å². The van der Waals surface area contributed by atoms with E-state index in [9.17, 15) is 4.79 Å². The molecule has 0 atom stereocenters. The van der Waals surface area contributed by atoms with E-state index in [4.69, 9.17) is 18.0 Å². The summed E-state index contributed by atoms with van der Waals surface area (Å²) < 4.78 is 0. The van der Waals surface area contributed by atoms with Crippen molar-refractivity contribution < 1.29 is 4.79 Å². The molecule has 110 valence electrons. The quantitative estimate of drug-likeness (QED) is 0.863. The van der Waals surface area contributed by atoms with Gasteiger partial charge in [0.2, 0.25) is 0 Å². The molecule has 21 heavy (non-hydrogen) atoms. The van der Waals surface area contributed by atoms with Crippen molar-refractivity contribution in [2.24, 2.45) is 5.73 Å². The van der Waals surface area contributed by atoms with Crippen molar-refractivity contribution in [1.29, 1.82) is 0 Å². The first-order valence-corrected chi connectivity index (χ1v) is 7.34. The zero-order valence-corrected chi connectivity index (χ0v) is 13.1.